The SMILES string of the molecule is C/C=N\c1nc(Cl)nc(N(C)c2ccccc2C#CCC)c1C. The van der Waals surface area contributed by atoms with Gasteiger partial charge in [0.1, 0.15) is 5.82 Å². The van der Waals surface area contributed by atoms with E-state index in [-0.39, 0.29) is 5.28 Å². The Bertz CT molecular complexity index is 787. The minimum atomic E-state index is 0.176. The Morgan fingerprint density at radius 1 is 1.30 bits per heavy atom. The molecule has 4 nitrogen and oxygen atoms in total. The van der Waals surface area contributed by atoms with E-state index in [1.54, 1.807) is 6.21 Å². The van der Waals surface area contributed by atoms with Crippen molar-refractivity contribution in [3.05, 3.63) is 40.7 Å². The number of halogens is 1. The van der Waals surface area contributed by atoms with Gasteiger partial charge in [-0.2, -0.15) is 9.97 Å². The molecule has 0 aliphatic carbocycles. The smallest absolute Gasteiger partial charge is 0.226 e. The molecule has 2 rings (SSSR count). The van der Waals surface area contributed by atoms with E-state index in [2.05, 4.69) is 26.8 Å². The molecule has 1 heterocycles. The average Bonchev–Trinajstić information content (AvgIpc) is 2.56. The molecule has 0 spiro atoms. The minimum absolute atomic E-state index is 0.176. The number of benzene rings is 1. The topological polar surface area (TPSA) is 41.4 Å². The summed E-state index contributed by atoms with van der Waals surface area (Å²) in [7, 11) is 1.94. The molecule has 0 amide bonds. The van der Waals surface area contributed by atoms with E-state index in [0.29, 0.717) is 5.82 Å². The molecule has 0 bridgehead atoms. The Labute approximate surface area is 142 Å². The van der Waals surface area contributed by atoms with Gasteiger partial charge in [0, 0.05) is 30.8 Å². The minimum Gasteiger partial charge on any atom is -0.328 e. The summed E-state index contributed by atoms with van der Waals surface area (Å²) in [5.74, 6) is 7.59. The summed E-state index contributed by atoms with van der Waals surface area (Å²) < 4.78 is 0. The van der Waals surface area contributed by atoms with Crippen LogP contribution in [0.25, 0.3) is 0 Å². The Kier molecular flexibility index (Phi) is 5.72. The molecular formula is C18H19ClN4. The van der Waals surface area contributed by atoms with Crippen LogP contribution in [0.1, 0.15) is 31.4 Å². The van der Waals surface area contributed by atoms with Gasteiger partial charge in [0.05, 0.1) is 5.69 Å². The molecule has 1 aromatic carbocycles. The highest BCUT2D eigenvalue weighted by Crippen LogP contribution is 2.32. The van der Waals surface area contributed by atoms with E-state index in [0.717, 1.165) is 29.1 Å². The number of para-hydroxylation sites is 1. The lowest BCUT2D eigenvalue weighted by atomic mass is 10.1. The van der Waals surface area contributed by atoms with Crippen molar-refractivity contribution >= 4 is 35.1 Å². The first-order chi connectivity index (χ1) is 11.1. The quantitative estimate of drug-likeness (QED) is 0.467. The zero-order valence-electron chi connectivity index (χ0n) is 13.8. The molecule has 0 unspecified atom stereocenters. The van der Waals surface area contributed by atoms with Gasteiger partial charge in [0.15, 0.2) is 5.82 Å². The maximum absolute atomic E-state index is 6.06. The van der Waals surface area contributed by atoms with Crippen LogP contribution in [0.4, 0.5) is 17.3 Å². The maximum atomic E-state index is 6.06. The van der Waals surface area contributed by atoms with Gasteiger partial charge in [-0.1, -0.05) is 30.9 Å². The lowest BCUT2D eigenvalue weighted by Gasteiger charge is -2.22. The largest absolute Gasteiger partial charge is 0.328 e. The van der Waals surface area contributed by atoms with Crippen LogP contribution in [0, 0.1) is 18.8 Å². The van der Waals surface area contributed by atoms with Gasteiger partial charge in [-0.3, -0.25) is 0 Å². The van der Waals surface area contributed by atoms with Crippen LogP contribution in [0.15, 0.2) is 29.3 Å². The summed E-state index contributed by atoms with van der Waals surface area (Å²) in [6.45, 7) is 5.81. The van der Waals surface area contributed by atoms with Crippen molar-refractivity contribution in [2.75, 3.05) is 11.9 Å². The standard InChI is InChI=1S/C18H19ClN4/c1-5-7-10-14-11-8-9-12-15(14)23(4)17-13(3)16(20-6-2)21-18(19)22-17/h6,8-9,11-12H,5H2,1-4H3/b20-6-. The molecule has 5 heteroatoms. The van der Waals surface area contributed by atoms with Gasteiger partial charge in [0.2, 0.25) is 5.28 Å². The maximum Gasteiger partial charge on any atom is 0.226 e. The highest BCUT2D eigenvalue weighted by molar-refractivity contribution is 6.28. The summed E-state index contributed by atoms with van der Waals surface area (Å²) in [4.78, 5) is 14.8. The van der Waals surface area contributed by atoms with Crippen LogP contribution in [0.2, 0.25) is 5.28 Å². The fourth-order valence-electron chi connectivity index (χ4n) is 2.21. The van der Waals surface area contributed by atoms with E-state index in [1.165, 1.54) is 0 Å². The molecule has 1 aromatic heterocycles. The fraction of sp³-hybridized carbons (Fsp3) is 0.278. The second-order valence-electron chi connectivity index (χ2n) is 4.88. The fourth-order valence-corrected chi connectivity index (χ4v) is 2.37. The zero-order chi connectivity index (χ0) is 16.8. The van der Waals surface area contributed by atoms with Crippen LogP contribution < -0.4 is 4.90 Å². The van der Waals surface area contributed by atoms with Gasteiger partial charge >= 0.3 is 0 Å². The molecule has 0 saturated carbocycles. The Hall–Kier alpha value is -2.38. The zero-order valence-corrected chi connectivity index (χ0v) is 14.5. The second-order valence-corrected chi connectivity index (χ2v) is 5.22. The number of anilines is 2. The van der Waals surface area contributed by atoms with Gasteiger partial charge in [-0.05, 0) is 37.6 Å². The van der Waals surface area contributed by atoms with Crippen molar-refractivity contribution in [3.8, 4) is 11.8 Å². The second kappa shape index (κ2) is 7.75. The summed E-state index contributed by atoms with van der Waals surface area (Å²) in [6, 6.07) is 7.96. The van der Waals surface area contributed by atoms with E-state index in [9.17, 15) is 0 Å². The lowest BCUT2D eigenvalue weighted by molar-refractivity contribution is 1.05. The number of aliphatic imine (C=N–C) groups is 1. The van der Waals surface area contributed by atoms with E-state index in [4.69, 9.17) is 11.6 Å². The van der Waals surface area contributed by atoms with Gasteiger partial charge in [-0.25, -0.2) is 4.99 Å². The normalized spacial score (nSPS) is 10.5. The Morgan fingerprint density at radius 3 is 2.74 bits per heavy atom. The number of hydrogen-bond donors (Lipinski definition) is 0. The molecule has 2 aromatic rings. The Balaban J connectivity index is 2.56. The summed E-state index contributed by atoms with van der Waals surface area (Å²) in [5, 5.41) is 0.176. The molecule has 0 radical (unpaired) electrons. The summed E-state index contributed by atoms with van der Waals surface area (Å²) >= 11 is 6.06. The van der Waals surface area contributed by atoms with Crippen molar-refractivity contribution in [1.82, 2.24) is 9.97 Å². The first-order valence-electron chi connectivity index (χ1n) is 7.43. The third kappa shape index (κ3) is 3.88. The van der Waals surface area contributed by atoms with E-state index in [1.807, 2.05) is 57.0 Å². The molecule has 0 N–H and O–H groups in total. The molecular weight excluding hydrogens is 308 g/mol. The number of aromatic nitrogens is 2. The highest BCUT2D eigenvalue weighted by Gasteiger charge is 2.16. The predicted molar refractivity (Wildman–Crippen MR) is 97.3 cm³/mol. The molecule has 23 heavy (non-hydrogen) atoms. The lowest BCUT2D eigenvalue weighted by Crippen LogP contribution is -2.14. The number of hydrogen-bond acceptors (Lipinski definition) is 4. The third-order valence-electron chi connectivity index (χ3n) is 3.30. The summed E-state index contributed by atoms with van der Waals surface area (Å²) in [5.41, 5.74) is 2.79. The van der Waals surface area contributed by atoms with Crippen molar-refractivity contribution in [3.63, 3.8) is 0 Å². The van der Waals surface area contributed by atoms with Crippen LogP contribution in [-0.2, 0) is 0 Å². The average molecular weight is 327 g/mol. The molecule has 0 fully saturated rings. The third-order valence-corrected chi connectivity index (χ3v) is 3.47. The van der Waals surface area contributed by atoms with Crippen LogP contribution in [0.3, 0.4) is 0 Å². The molecule has 0 atom stereocenters. The first-order valence-corrected chi connectivity index (χ1v) is 7.80. The Morgan fingerprint density at radius 2 is 2.04 bits per heavy atom. The highest BCUT2D eigenvalue weighted by atomic mass is 35.5. The molecule has 118 valence electrons. The van der Waals surface area contributed by atoms with Gasteiger partial charge < -0.3 is 4.90 Å². The van der Waals surface area contributed by atoms with Crippen LogP contribution in [0.5, 0.6) is 0 Å². The van der Waals surface area contributed by atoms with Gasteiger partial charge in [0.25, 0.3) is 0 Å². The van der Waals surface area contributed by atoms with E-state index >= 15 is 0 Å². The van der Waals surface area contributed by atoms with Crippen LogP contribution >= 0.6 is 11.6 Å². The molecule has 0 saturated heterocycles. The summed E-state index contributed by atoms with van der Waals surface area (Å²) in [6.07, 6.45) is 2.50. The van der Waals surface area contributed by atoms with Crippen molar-refractivity contribution in [2.45, 2.75) is 27.2 Å². The van der Waals surface area contributed by atoms with E-state index < -0.39 is 0 Å². The van der Waals surface area contributed by atoms with Crippen molar-refractivity contribution in [2.24, 2.45) is 4.99 Å². The van der Waals surface area contributed by atoms with Gasteiger partial charge in [-0.15, -0.1) is 0 Å². The van der Waals surface area contributed by atoms with Crippen molar-refractivity contribution < 1.29 is 0 Å². The molecule has 0 aliphatic rings. The first kappa shape index (κ1) is 17.0. The number of nitrogens with zero attached hydrogens (tertiary/aromatic N) is 4. The predicted octanol–water partition coefficient (Wildman–Crippen LogP) is 4.69. The molecule has 0 aliphatic heterocycles. The van der Waals surface area contributed by atoms with Crippen LogP contribution in [-0.4, -0.2) is 23.2 Å². The number of rotatable bonds is 3. The monoisotopic (exact) mass is 326 g/mol. The van der Waals surface area contributed by atoms with Crippen molar-refractivity contribution in [1.29, 1.82) is 0 Å².